The molecule has 0 aliphatic rings. The maximum Gasteiger partial charge on any atom is 0.238 e. The lowest BCUT2D eigenvalue weighted by atomic mass is 10.3. The number of primary sulfonamides is 1. The molecule has 17 heavy (non-hydrogen) atoms. The lowest BCUT2D eigenvalue weighted by Crippen LogP contribution is -2.16. The van der Waals surface area contributed by atoms with Crippen LogP contribution < -0.4 is 10.5 Å². The Labute approximate surface area is 103 Å². The van der Waals surface area contributed by atoms with Crippen LogP contribution in [0, 0.1) is 5.82 Å². The Morgan fingerprint density at radius 1 is 1.53 bits per heavy atom. The second-order valence-corrected chi connectivity index (χ2v) is 5.60. The van der Waals surface area contributed by atoms with Gasteiger partial charge < -0.3 is 5.32 Å². The standard InChI is InChI=1S/C9H11FN2O3S2/c1-16-5-9(13)12-8-3-2-6(4-7(8)10)17(11,14)15/h2-4H,5H2,1H3,(H,12,13)(H2,11,14,15). The van der Waals surface area contributed by atoms with E-state index in [1.54, 1.807) is 6.26 Å². The summed E-state index contributed by atoms with van der Waals surface area (Å²) >= 11 is 1.29. The maximum atomic E-state index is 13.4. The normalized spacial score (nSPS) is 11.2. The molecule has 0 aromatic heterocycles. The van der Waals surface area contributed by atoms with Crippen molar-refractivity contribution in [1.29, 1.82) is 0 Å². The number of carbonyl (C=O) groups excluding carboxylic acids is 1. The van der Waals surface area contributed by atoms with E-state index in [0.717, 1.165) is 18.2 Å². The molecule has 0 fully saturated rings. The molecule has 8 heteroatoms. The summed E-state index contributed by atoms with van der Waals surface area (Å²) in [5.41, 5.74) is -0.0727. The summed E-state index contributed by atoms with van der Waals surface area (Å²) in [6, 6.07) is 3.06. The molecule has 0 heterocycles. The number of hydrogen-bond donors (Lipinski definition) is 2. The number of nitrogens with one attached hydrogen (secondary N) is 1. The van der Waals surface area contributed by atoms with E-state index in [2.05, 4.69) is 5.32 Å². The van der Waals surface area contributed by atoms with Gasteiger partial charge in [-0.05, 0) is 24.5 Å². The monoisotopic (exact) mass is 278 g/mol. The number of hydrogen-bond acceptors (Lipinski definition) is 4. The summed E-state index contributed by atoms with van der Waals surface area (Å²) in [5, 5.41) is 7.16. The number of halogens is 1. The van der Waals surface area contributed by atoms with Gasteiger partial charge in [0.2, 0.25) is 15.9 Å². The van der Waals surface area contributed by atoms with Crippen LogP contribution in [0.3, 0.4) is 0 Å². The molecule has 0 atom stereocenters. The van der Waals surface area contributed by atoms with Gasteiger partial charge in [-0.1, -0.05) is 0 Å². The van der Waals surface area contributed by atoms with Gasteiger partial charge in [0.25, 0.3) is 0 Å². The molecule has 1 rings (SSSR count). The van der Waals surface area contributed by atoms with Crippen LogP contribution in [0.25, 0.3) is 0 Å². The van der Waals surface area contributed by atoms with Gasteiger partial charge in [0.1, 0.15) is 5.82 Å². The third-order valence-corrected chi connectivity index (χ3v) is 3.28. The molecule has 1 aromatic rings. The Morgan fingerprint density at radius 2 is 2.18 bits per heavy atom. The van der Waals surface area contributed by atoms with E-state index in [1.807, 2.05) is 0 Å². The molecule has 0 spiro atoms. The second-order valence-electron chi connectivity index (χ2n) is 3.17. The zero-order valence-electron chi connectivity index (χ0n) is 8.94. The number of benzene rings is 1. The average molecular weight is 278 g/mol. The molecular formula is C9H11FN2O3S2. The number of anilines is 1. The van der Waals surface area contributed by atoms with Gasteiger partial charge in [-0.25, -0.2) is 17.9 Å². The van der Waals surface area contributed by atoms with Gasteiger partial charge in [0, 0.05) is 0 Å². The van der Waals surface area contributed by atoms with Crippen LogP contribution in [0.2, 0.25) is 0 Å². The molecule has 0 aliphatic carbocycles. The fraction of sp³-hybridized carbons (Fsp3) is 0.222. The van der Waals surface area contributed by atoms with E-state index >= 15 is 0 Å². The van der Waals surface area contributed by atoms with Crippen LogP contribution in [-0.4, -0.2) is 26.3 Å². The van der Waals surface area contributed by atoms with E-state index in [0.29, 0.717) is 0 Å². The predicted octanol–water partition coefficient (Wildman–Crippen LogP) is 0.775. The minimum Gasteiger partial charge on any atom is -0.323 e. The first-order valence-electron chi connectivity index (χ1n) is 4.45. The fourth-order valence-corrected chi connectivity index (χ4v) is 1.95. The Balaban J connectivity index is 2.95. The number of nitrogens with two attached hydrogens (primary N) is 1. The van der Waals surface area contributed by atoms with Crippen LogP contribution >= 0.6 is 11.8 Å². The van der Waals surface area contributed by atoms with E-state index in [-0.39, 0.29) is 22.2 Å². The first-order chi connectivity index (χ1) is 7.84. The lowest BCUT2D eigenvalue weighted by Gasteiger charge is -2.06. The Morgan fingerprint density at radius 3 is 2.65 bits per heavy atom. The van der Waals surface area contributed by atoms with Crippen LogP contribution in [0.5, 0.6) is 0 Å². The molecule has 0 aliphatic heterocycles. The Bertz CT molecular complexity index is 531. The first kappa shape index (κ1) is 13.9. The molecule has 0 saturated heterocycles. The highest BCUT2D eigenvalue weighted by atomic mass is 32.2. The molecule has 94 valence electrons. The lowest BCUT2D eigenvalue weighted by molar-refractivity contribution is -0.113. The first-order valence-corrected chi connectivity index (χ1v) is 7.39. The molecule has 1 amide bonds. The van der Waals surface area contributed by atoms with Crippen LogP contribution in [0.1, 0.15) is 0 Å². The van der Waals surface area contributed by atoms with Gasteiger partial charge in [-0.3, -0.25) is 4.79 Å². The highest BCUT2D eigenvalue weighted by Crippen LogP contribution is 2.18. The topological polar surface area (TPSA) is 89.3 Å². The molecule has 0 unspecified atom stereocenters. The summed E-state index contributed by atoms with van der Waals surface area (Å²) in [6.45, 7) is 0. The van der Waals surface area contributed by atoms with Gasteiger partial charge in [-0.2, -0.15) is 11.8 Å². The second kappa shape index (κ2) is 5.48. The maximum absolute atomic E-state index is 13.4. The van der Waals surface area contributed by atoms with Crippen LogP contribution in [-0.2, 0) is 14.8 Å². The van der Waals surface area contributed by atoms with Crippen molar-refractivity contribution in [3.8, 4) is 0 Å². The summed E-state index contributed by atoms with van der Waals surface area (Å²) < 4.78 is 35.3. The smallest absolute Gasteiger partial charge is 0.238 e. The van der Waals surface area contributed by atoms with Gasteiger partial charge in [0.15, 0.2) is 0 Å². The SMILES string of the molecule is CSCC(=O)Nc1ccc(S(N)(=O)=O)cc1F. The summed E-state index contributed by atoms with van der Waals surface area (Å²) in [7, 11) is -3.94. The zero-order chi connectivity index (χ0) is 13.1. The molecule has 1 aromatic carbocycles. The Hall–Kier alpha value is -1.12. The van der Waals surface area contributed by atoms with Crippen molar-refractivity contribution in [2.75, 3.05) is 17.3 Å². The summed E-state index contributed by atoms with van der Waals surface area (Å²) in [6.07, 6.45) is 1.74. The number of thioether (sulfide) groups is 1. The third kappa shape index (κ3) is 3.99. The molecular weight excluding hydrogens is 267 g/mol. The van der Waals surface area contributed by atoms with Gasteiger partial charge in [-0.15, -0.1) is 0 Å². The number of sulfonamides is 1. The van der Waals surface area contributed by atoms with E-state index in [4.69, 9.17) is 5.14 Å². The van der Waals surface area contributed by atoms with Crippen molar-refractivity contribution in [3.63, 3.8) is 0 Å². The number of rotatable bonds is 4. The zero-order valence-corrected chi connectivity index (χ0v) is 10.6. The largest absolute Gasteiger partial charge is 0.323 e. The van der Waals surface area contributed by atoms with Crippen molar-refractivity contribution in [2.24, 2.45) is 5.14 Å². The summed E-state index contributed by atoms with van der Waals surface area (Å²) in [4.78, 5) is 10.9. The number of amides is 1. The van der Waals surface area contributed by atoms with Crippen LogP contribution in [0.4, 0.5) is 10.1 Å². The fourth-order valence-electron chi connectivity index (χ4n) is 1.09. The van der Waals surface area contributed by atoms with E-state index in [9.17, 15) is 17.6 Å². The minimum absolute atomic E-state index is 0.0727. The molecule has 0 bridgehead atoms. The minimum atomic E-state index is -3.94. The average Bonchev–Trinajstić information content (AvgIpc) is 2.20. The predicted molar refractivity (Wildman–Crippen MR) is 64.8 cm³/mol. The van der Waals surface area contributed by atoms with E-state index in [1.165, 1.54) is 11.8 Å². The number of carbonyl (C=O) groups is 1. The van der Waals surface area contributed by atoms with Crippen molar-refractivity contribution >= 4 is 33.4 Å². The highest BCUT2D eigenvalue weighted by molar-refractivity contribution is 7.99. The van der Waals surface area contributed by atoms with Crippen molar-refractivity contribution in [3.05, 3.63) is 24.0 Å². The quantitative estimate of drug-likeness (QED) is 0.851. The van der Waals surface area contributed by atoms with Crippen molar-refractivity contribution in [2.45, 2.75) is 4.90 Å². The van der Waals surface area contributed by atoms with Gasteiger partial charge >= 0.3 is 0 Å². The molecule has 5 nitrogen and oxygen atoms in total. The summed E-state index contributed by atoms with van der Waals surface area (Å²) in [5.74, 6) is -1.01. The molecule has 3 N–H and O–H groups in total. The Kier molecular flexibility index (Phi) is 4.49. The highest BCUT2D eigenvalue weighted by Gasteiger charge is 2.12. The van der Waals surface area contributed by atoms with Crippen molar-refractivity contribution < 1.29 is 17.6 Å². The molecule has 0 saturated carbocycles. The van der Waals surface area contributed by atoms with Gasteiger partial charge in [0.05, 0.1) is 16.3 Å². The molecule has 0 radical (unpaired) electrons. The third-order valence-electron chi connectivity index (χ3n) is 1.82. The van der Waals surface area contributed by atoms with Crippen molar-refractivity contribution in [1.82, 2.24) is 0 Å². The van der Waals surface area contributed by atoms with E-state index < -0.39 is 15.8 Å². The van der Waals surface area contributed by atoms with Crippen LogP contribution in [0.15, 0.2) is 23.1 Å².